The molecule has 0 aliphatic carbocycles. The molecule has 2 N–H and O–H groups in total. The van der Waals surface area contributed by atoms with Crippen LogP contribution in [-0.4, -0.2) is 61.0 Å². The van der Waals surface area contributed by atoms with Crippen LogP contribution in [0.3, 0.4) is 0 Å². The van der Waals surface area contributed by atoms with Gasteiger partial charge in [-0.15, -0.1) is 12.4 Å². The lowest BCUT2D eigenvalue weighted by atomic mass is 9.93. The van der Waals surface area contributed by atoms with Gasteiger partial charge in [-0.3, -0.25) is 4.98 Å². The van der Waals surface area contributed by atoms with Gasteiger partial charge in [-0.25, -0.2) is 9.78 Å². The van der Waals surface area contributed by atoms with E-state index >= 15 is 0 Å². The van der Waals surface area contributed by atoms with Crippen LogP contribution in [0.15, 0.2) is 47.9 Å². The first-order chi connectivity index (χ1) is 17.9. The van der Waals surface area contributed by atoms with Crippen LogP contribution >= 0.6 is 24.2 Å². The van der Waals surface area contributed by atoms with Crippen molar-refractivity contribution in [2.75, 3.05) is 35.0 Å². The van der Waals surface area contributed by atoms with E-state index in [-0.39, 0.29) is 24.5 Å². The summed E-state index contributed by atoms with van der Waals surface area (Å²) >= 11 is 1.48. The fraction of sp³-hybridized carbons (Fsp3) is 0.296. The average molecular weight is 578 g/mol. The molecule has 0 bridgehead atoms. The van der Waals surface area contributed by atoms with E-state index in [1.807, 2.05) is 42.1 Å². The molecular weight excluding hydrogens is 546 g/mol. The molecule has 2 heterocycles. The van der Waals surface area contributed by atoms with Crippen LogP contribution in [0.1, 0.15) is 23.0 Å². The Morgan fingerprint density at radius 2 is 1.59 bits per heavy atom. The Morgan fingerprint density at radius 3 is 2.18 bits per heavy atom. The zero-order chi connectivity index (χ0) is 26.5. The number of hydrogen-bond acceptors (Lipinski definition) is 9. The molecule has 39 heavy (non-hydrogen) atoms. The van der Waals surface area contributed by atoms with Gasteiger partial charge in [0.2, 0.25) is 0 Å². The van der Waals surface area contributed by atoms with Crippen molar-refractivity contribution in [3.8, 4) is 34.1 Å². The van der Waals surface area contributed by atoms with Gasteiger partial charge in [-0.05, 0) is 30.7 Å². The van der Waals surface area contributed by atoms with Crippen molar-refractivity contribution in [2.24, 2.45) is 7.05 Å². The second-order valence-electron chi connectivity index (χ2n) is 7.93. The predicted molar refractivity (Wildman–Crippen MR) is 153 cm³/mol. The van der Waals surface area contributed by atoms with Crippen LogP contribution in [0.2, 0.25) is 0 Å². The lowest BCUT2D eigenvalue weighted by Crippen LogP contribution is -2.12. The first kappa shape index (κ1) is 31.5. The molecule has 0 saturated carbocycles. The van der Waals surface area contributed by atoms with Crippen LogP contribution < -0.4 is 18.9 Å². The van der Waals surface area contributed by atoms with E-state index in [0.717, 1.165) is 10.7 Å². The number of benzene rings is 2. The summed E-state index contributed by atoms with van der Waals surface area (Å²) in [6.07, 6.45) is 3.60. The molecule has 0 aliphatic heterocycles. The third-order valence-corrected chi connectivity index (χ3v) is 6.90. The summed E-state index contributed by atoms with van der Waals surface area (Å²) in [5, 5.41) is 1.51. The molecule has 2 aromatic carbocycles. The second kappa shape index (κ2) is 13.9. The number of ether oxygens (including phenoxy) is 5. The Kier molecular flexibility index (Phi) is 11.3. The maximum Gasteiger partial charge on any atom is 0.340 e. The summed E-state index contributed by atoms with van der Waals surface area (Å²) < 4.78 is 29.5. The van der Waals surface area contributed by atoms with Crippen molar-refractivity contribution in [3.63, 3.8) is 0 Å². The number of esters is 1. The molecule has 0 atom stereocenters. The Labute approximate surface area is 237 Å². The number of halogens is 1. The molecule has 0 amide bonds. The van der Waals surface area contributed by atoms with Crippen molar-refractivity contribution in [1.29, 1.82) is 0 Å². The number of imidazole rings is 1. The highest BCUT2D eigenvalue weighted by Crippen LogP contribution is 2.42. The number of nitrogens with zero attached hydrogens (tertiary/aromatic N) is 3. The Hall–Kier alpha value is -3.67. The number of rotatable bonds is 10. The number of fused-ring (bicyclic) bond motifs is 1. The second-order valence-corrected chi connectivity index (χ2v) is 8.87. The molecule has 210 valence electrons. The summed E-state index contributed by atoms with van der Waals surface area (Å²) in [5.41, 5.74) is 2.97. The maximum absolute atomic E-state index is 13.5. The average Bonchev–Trinajstić information content (AvgIpc) is 3.34. The first-order valence-electron chi connectivity index (χ1n) is 11.5. The van der Waals surface area contributed by atoms with Crippen LogP contribution in [-0.2, 0) is 17.5 Å². The van der Waals surface area contributed by atoms with Gasteiger partial charge in [0.25, 0.3) is 0 Å². The number of thioether (sulfide) groups is 1. The van der Waals surface area contributed by atoms with E-state index in [1.165, 1.54) is 11.8 Å². The van der Waals surface area contributed by atoms with Crippen LogP contribution in [0, 0.1) is 0 Å². The molecule has 0 spiro atoms. The Balaban J connectivity index is 0.00000267. The fourth-order valence-electron chi connectivity index (χ4n) is 4.08. The summed E-state index contributed by atoms with van der Waals surface area (Å²) in [6.45, 7) is 2.00. The zero-order valence-corrected chi connectivity index (χ0v) is 24.2. The number of aryl methyl sites for hydroxylation is 1. The molecule has 0 radical (unpaired) electrons. The minimum Gasteiger partial charge on any atom is -0.493 e. The van der Waals surface area contributed by atoms with Gasteiger partial charge in [0.05, 0.1) is 51.8 Å². The highest BCUT2D eigenvalue weighted by molar-refractivity contribution is 7.98. The standard InChI is InChI=1S/C27H29N3O6S.ClH.H2O/c1-7-36-26(31)25-19(15-37-27-28-10-11-30(27)2)29-18-14-23(35-6)22(34-5)13-17(18)24(25)16-8-9-20(32-3)21(12-16)33-4;;/h8-14H,7,15H2,1-6H3;1H;1H2. The highest BCUT2D eigenvalue weighted by atomic mass is 35.5. The predicted octanol–water partition coefficient (Wildman–Crippen LogP) is 4.74. The lowest BCUT2D eigenvalue weighted by Gasteiger charge is -2.19. The number of methoxy groups -OCH3 is 4. The van der Waals surface area contributed by atoms with Crippen molar-refractivity contribution in [1.82, 2.24) is 14.5 Å². The molecule has 0 fully saturated rings. The molecule has 0 aliphatic rings. The van der Waals surface area contributed by atoms with E-state index in [9.17, 15) is 4.79 Å². The van der Waals surface area contributed by atoms with E-state index in [0.29, 0.717) is 56.5 Å². The van der Waals surface area contributed by atoms with Crippen molar-refractivity contribution < 1.29 is 34.0 Å². The van der Waals surface area contributed by atoms with Crippen LogP contribution in [0.5, 0.6) is 23.0 Å². The largest absolute Gasteiger partial charge is 0.493 e. The quantitative estimate of drug-likeness (QED) is 0.194. The third kappa shape index (κ3) is 6.32. The summed E-state index contributed by atoms with van der Waals surface area (Å²) in [6, 6.07) is 9.15. The number of aromatic nitrogens is 3. The van der Waals surface area contributed by atoms with Crippen LogP contribution in [0.25, 0.3) is 22.0 Å². The van der Waals surface area contributed by atoms with E-state index < -0.39 is 5.97 Å². The summed E-state index contributed by atoms with van der Waals surface area (Å²) in [7, 11) is 8.21. The first-order valence-corrected chi connectivity index (χ1v) is 12.5. The molecule has 4 rings (SSSR count). The zero-order valence-electron chi connectivity index (χ0n) is 22.6. The normalized spacial score (nSPS) is 10.3. The van der Waals surface area contributed by atoms with Gasteiger partial charge < -0.3 is 33.7 Å². The molecule has 2 aromatic heterocycles. The molecule has 0 unspecified atom stereocenters. The highest BCUT2D eigenvalue weighted by Gasteiger charge is 2.26. The summed E-state index contributed by atoms with van der Waals surface area (Å²) in [5.74, 6) is 2.09. The van der Waals surface area contributed by atoms with E-state index in [4.69, 9.17) is 28.7 Å². The minimum atomic E-state index is -0.466. The summed E-state index contributed by atoms with van der Waals surface area (Å²) in [4.78, 5) is 22.8. The van der Waals surface area contributed by atoms with Crippen molar-refractivity contribution >= 4 is 41.0 Å². The van der Waals surface area contributed by atoms with E-state index in [1.54, 1.807) is 47.6 Å². The van der Waals surface area contributed by atoms with E-state index in [2.05, 4.69) is 4.98 Å². The van der Waals surface area contributed by atoms with Crippen LogP contribution in [0.4, 0.5) is 0 Å². The van der Waals surface area contributed by atoms with Gasteiger partial charge >= 0.3 is 5.97 Å². The van der Waals surface area contributed by atoms with Gasteiger partial charge in [-0.1, -0.05) is 17.8 Å². The Bertz CT molecular complexity index is 1440. The molecular formula is C27H32ClN3O7S. The minimum absolute atomic E-state index is 0. The Morgan fingerprint density at radius 1 is 0.949 bits per heavy atom. The fourth-order valence-corrected chi connectivity index (χ4v) is 4.96. The lowest BCUT2D eigenvalue weighted by molar-refractivity contribution is 0.0526. The third-order valence-electron chi connectivity index (χ3n) is 5.83. The van der Waals surface area contributed by atoms with Gasteiger partial charge in [-0.2, -0.15) is 0 Å². The molecule has 12 heteroatoms. The SMILES string of the molecule is CCOC(=O)c1c(CSc2nccn2C)nc2cc(OC)c(OC)cc2c1-c1ccc(OC)c(OC)c1.Cl.O. The number of carbonyl (C=O) groups excluding carboxylic acids is 1. The van der Waals surface area contributed by atoms with Gasteiger partial charge in [0.15, 0.2) is 28.2 Å². The number of pyridine rings is 1. The number of carbonyl (C=O) groups is 1. The van der Waals surface area contributed by atoms with Crippen molar-refractivity contribution in [2.45, 2.75) is 17.8 Å². The topological polar surface area (TPSA) is 125 Å². The van der Waals surface area contributed by atoms with Crippen molar-refractivity contribution in [3.05, 3.63) is 54.0 Å². The van der Waals surface area contributed by atoms with Gasteiger partial charge in [0.1, 0.15) is 0 Å². The molecule has 10 nitrogen and oxygen atoms in total. The van der Waals surface area contributed by atoms with Gasteiger partial charge in [0, 0.05) is 42.2 Å². The molecule has 4 aromatic rings. The number of hydrogen-bond donors (Lipinski definition) is 0. The monoisotopic (exact) mass is 577 g/mol. The molecule has 0 saturated heterocycles. The maximum atomic E-state index is 13.5. The smallest absolute Gasteiger partial charge is 0.340 e.